The molecule has 3 nitrogen and oxygen atoms in total. The van der Waals surface area contributed by atoms with Gasteiger partial charge in [-0.1, -0.05) is 33.6 Å². The van der Waals surface area contributed by atoms with Crippen LogP contribution in [0.4, 0.5) is 0 Å². The van der Waals surface area contributed by atoms with E-state index in [0.29, 0.717) is 21.8 Å². The highest BCUT2D eigenvalue weighted by atomic mass is 79.9. The molecule has 0 spiro atoms. The summed E-state index contributed by atoms with van der Waals surface area (Å²) in [4.78, 5) is 12.7. The third-order valence-corrected chi connectivity index (χ3v) is 3.98. The Morgan fingerprint density at radius 1 is 1.14 bits per heavy atom. The van der Waals surface area contributed by atoms with Crippen LogP contribution in [0.25, 0.3) is 16.5 Å². The van der Waals surface area contributed by atoms with E-state index < -0.39 is 0 Å². The summed E-state index contributed by atoms with van der Waals surface area (Å²) in [6.45, 7) is 0. The smallest absolute Gasteiger partial charge is 0.263 e. The minimum atomic E-state index is -0.116. The SMILES string of the molecule is COc1cn(-c2cccc(Cl)c2)c(=O)c2cc(Br)ccc12. The van der Waals surface area contributed by atoms with E-state index in [1.165, 1.54) is 0 Å². The first-order valence-electron chi connectivity index (χ1n) is 6.25. The van der Waals surface area contributed by atoms with E-state index in [1.807, 2.05) is 24.3 Å². The fraction of sp³-hybridized carbons (Fsp3) is 0.0625. The van der Waals surface area contributed by atoms with Crippen LogP contribution >= 0.6 is 27.5 Å². The Balaban J connectivity index is 2.39. The van der Waals surface area contributed by atoms with Gasteiger partial charge in [-0.2, -0.15) is 0 Å². The lowest BCUT2D eigenvalue weighted by Crippen LogP contribution is -2.18. The van der Waals surface area contributed by atoms with Crippen LogP contribution in [0.15, 0.2) is 57.9 Å². The maximum Gasteiger partial charge on any atom is 0.263 e. The molecule has 0 fully saturated rings. The maximum atomic E-state index is 12.7. The molecule has 3 aromatic rings. The number of nitrogens with zero attached hydrogens (tertiary/aromatic N) is 1. The minimum Gasteiger partial charge on any atom is -0.495 e. The van der Waals surface area contributed by atoms with E-state index in [2.05, 4.69) is 15.9 Å². The van der Waals surface area contributed by atoms with E-state index in [-0.39, 0.29) is 5.56 Å². The maximum absolute atomic E-state index is 12.7. The first-order valence-corrected chi connectivity index (χ1v) is 7.42. The Bertz CT molecular complexity index is 889. The number of hydrogen-bond acceptors (Lipinski definition) is 2. The van der Waals surface area contributed by atoms with Crippen LogP contribution in [-0.4, -0.2) is 11.7 Å². The van der Waals surface area contributed by atoms with Gasteiger partial charge < -0.3 is 4.74 Å². The number of benzene rings is 2. The molecule has 106 valence electrons. The fourth-order valence-corrected chi connectivity index (χ4v) is 2.81. The van der Waals surface area contributed by atoms with E-state index in [4.69, 9.17) is 16.3 Å². The number of pyridine rings is 1. The molecule has 0 saturated heterocycles. The van der Waals surface area contributed by atoms with Crippen LogP contribution in [0.5, 0.6) is 5.75 Å². The van der Waals surface area contributed by atoms with Gasteiger partial charge >= 0.3 is 0 Å². The number of hydrogen-bond donors (Lipinski definition) is 0. The molecule has 0 saturated carbocycles. The lowest BCUT2D eigenvalue weighted by atomic mass is 10.1. The largest absolute Gasteiger partial charge is 0.495 e. The van der Waals surface area contributed by atoms with Gasteiger partial charge in [-0.25, -0.2) is 0 Å². The summed E-state index contributed by atoms with van der Waals surface area (Å²) in [6, 6.07) is 12.7. The van der Waals surface area contributed by atoms with Crippen LogP contribution in [0.3, 0.4) is 0 Å². The summed E-state index contributed by atoms with van der Waals surface area (Å²) in [5, 5.41) is 1.94. The zero-order valence-corrected chi connectivity index (χ0v) is 13.5. The average Bonchev–Trinajstić information content (AvgIpc) is 2.48. The second-order valence-electron chi connectivity index (χ2n) is 4.54. The molecule has 0 unspecified atom stereocenters. The summed E-state index contributed by atoms with van der Waals surface area (Å²) in [5.74, 6) is 0.636. The molecule has 0 radical (unpaired) electrons. The predicted octanol–water partition coefficient (Wildman–Crippen LogP) is 4.42. The Labute approximate surface area is 134 Å². The van der Waals surface area contributed by atoms with Gasteiger partial charge in [0.15, 0.2) is 0 Å². The second kappa shape index (κ2) is 5.54. The third kappa shape index (κ3) is 2.57. The first kappa shape index (κ1) is 14.2. The first-order chi connectivity index (χ1) is 10.1. The van der Waals surface area contributed by atoms with Crippen molar-refractivity contribution in [2.24, 2.45) is 0 Å². The van der Waals surface area contributed by atoms with Crippen molar-refractivity contribution in [3.8, 4) is 11.4 Å². The van der Waals surface area contributed by atoms with Gasteiger partial charge in [0.05, 0.1) is 24.4 Å². The zero-order valence-electron chi connectivity index (χ0n) is 11.1. The molecule has 1 heterocycles. The third-order valence-electron chi connectivity index (χ3n) is 3.25. The van der Waals surface area contributed by atoms with Crippen molar-refractivity contribution >= 4 is 38.3 Å². The Morgan fingerprint density at radius 3 is 2.67 bits per heavy atom. The van der Waals surface area contributed by atoms with Crippen LogP contribution in [0.1, 0.15) is 0 Å². The standard InChI is InChI=1S/C16H11BrClNO2/c1-21-15-9-19(12-4-2-3-11(18)8-12)16(20)14-7-10(17)5-6-13(14)15/h2-9H,1H3. The van der Waals surface area contributed by atoms with Gasteiger partial charge in [-0.15, -0.1) is 0 Å². The van der Waals surface area contributed by atoms with Crippen molar-refractivity contribution in [2.45, 2.75) is 0 Å². The van der Waals surface area contributed by atoms with Crippen molar-refractivity contribution in [1.82, 2.24) is 4.57 Å². The summed E-state index contributed by atoms with van der Waals surface area (Å²) < 4.78 is 7.79. The normalized spacial score (nSPS) is 10.8. The number of methoxy groups -OCH3 is 1. The van der Waals surface area contributed by atoms with Crippen molar-refractivity contribution in [3.63, 3.8) is 0 Å². The Morgan fingerprint density at radius 2 is 1.95 bits per heavy atom. The summed E-state index contributed by atoms with van der Waals surface area (Å²) in [5.41, 5.74) is 0.585. The number of fused-ring (bicyclic) bond motifs is 1. The van der Waals surface area contributed by atoms with E-state index >= 15 is 0 Å². The van der Waals surface area contributed by atoms with Gasteiger partial charge in [0.1, 0.15) is 5.75 Å². The van der Waals surface area contributed by atoms with Crippen LogP contribution in [-0.2, 0) is 0 Å². The number of rotatable bonds is 2. The predicted molar refractivity (Wildman–Crippen MR) is 88.8 cm³/mol. The second-order valence-corrected chi connectivity index (χ2v) is 5.89. The summed E-state index contributed by atoms with van der Waals surface area (Å²) in [6.07, 6.45) is 1.68. The Kier molecular flexibility index (Phi) is 3.74. The molecular weight excluding hydrogens is 354 g/mol. The van der Waals surface area contributed by atoms with Gasteiger partial charge in [-0.3, -0.25) is 9.36 Å². The average molecular weight is 365 g/mol. The van der Waals surface area contributed by atoms with Gasteiger partial charge in [0.25, 0.3) is 5.56 Å². The van der Waals surface area contributed by atoms with E-state index in [1.54, 1.807) is 36.1 Å². The molecule has 0 atom stereocenters. The molecule has 0 aliphatic rings. The molecule has 0 N–H and O–H groups in total. The molecule has 3 rings (SSSR count). The highest BCUT2D eigenvalue weighted by Gasteiger charge is 2.11. The molecule has 0 aliphatic heterocycles. The molecular formula is C16H11BrClNO2. The molecule has 21 heavy (non-hydrogen) atoms. The number of ether oxygens (including phenoxy) is 1. The minimum absolute atomic E-state index is 0.116. The Hall–Kier alpha value is -1.78. The van der Waals surface area contributed by atoms with Crippen LogP contribution < -0.4 is 10.3 Å². The topological polar surface area (TPSA) is 31.2 Å². The summed E-state index contributed by atoms with van der Waals surface area (Å²) in [7, 11) is 1.59. The monoisotopic (exact) mass is 363 g/mol. The quantitative estimate of drug-likeness (QED) is 0.674. The number of aromatic nitrogens is 1. The van der Waals surface area contributed by atoms with Gasteiger partial charge in [0.2, 0.25) is 0 Å². The van der Waals surface area contributed by atoms with Crippen molar-refractivity contribution in [1.29, 1.82) is 0 Å². The lowest BCUT2D eigenvalue weighted by Gasteiger charge is -2.12. The number of halogens is 2. The van der Waals surface area contributed by atoms with E-state index in [0.717, 1.165) is 9.86 Å². The molecule has 2 aromatic carbocycles. The molecule has 0 aliphatic carbocycles. The molecule has 0 bridgehead atoms. The molecule has 0 amide bonds. The highest BCUT2D eigenvalue weighted by Crippen LogP contribution is 2.27. The zero-order chi connectivity index (χ0) is 15.0. The lowest BCUT2D eigenvalue weighted by molar-refractivity contribution is 0.416. The van der Waals surface area contributed by atoms with Crippen LogP contribution in [0.2, 0.25) is 5.02 Å². The summed E-state index contributed by atoms with van der Waals surface area (Å²) >= 11 is 9.41. The highest BCUT2D eigenvalue weighted by molar-refractivity contribution is 9.10. The van der Waals surface area contributed by atoms with Gasteiger partial charge in [-0.05, 0) is 36.4 Å². The van der Waals surface area contributed by atoms with Crippen LogP contribution in [0, 0.1) is 0 Å². The van der Waals surface area contributed by atoms with E-state index in [9.17, 15) is 4.79 Å². The molecule has 1 aromatic heterocycles. The van der Waals surface area contributed by atoms with Crippen molar-refractivity contribution < 1.29 is 4.74 Å². The molecule has 5 heteroatoms. The van der Waals surface area contributed by atoms with Crippen molar-refractivity contribution in [3.05, 3.63) is 68.5 Å². The fourth-order valence-electron chi connectivity index (χ4n) is 2.26. The van der Waals surface area contributed by atoms with Gasteiger partial charge in [0, 0.05) is 14.9 Å². The van der Waals surface area contributed by atoms with Crippen molar-refractivity contribution in [2.75, 3.05) is 7.11 Å².